The summed E-state index contributed by atoms with van der Waals surface area (Å²) in [6.45, 7) is 7.48. The lowest BCUT2D eigenvalue weighted by atomic mass is 10.1. The van der Waals surface area contributed by atoms with Crippen molar-refractivity contribution < 1.29 is 4.79 Å². The number of hydrogen-bond donors (Lipinski definition) is 0. The second-order valence-corrected chi connectivity index (χ2v) is 9.93. The first-order valence-electron chi connectivity index (χ1n) is 13.5. The molecule has 1 unspecified atom stereocenters. The van der Waals surface area contributed by atoms with Gasteiger partial charge in [-0.2, -0.15) is 5.10 Å². The highest BCUT2D eigenvalue weighted by Crippen LogP contribution is 2.29. The number of carbonyl (C=O) groups excluding carboxylic acids is 1. The third kappa shape index (κ3) is 5.66. The first kappa shape index (κ1) is 24.9. The van der Waals surface area contributed by atoms with Gasteiger partial charge in [0, 0.05) is 38.5 Å². The van der Waals surface area contributed by atoms with Gasteiger partial charge in [-0.05, 0) is 37.0 Å². The molecule has 192 valence electrons. The van der Waals surface area contributed by atoms with E-state index in [2.05, 4.69) is 30.9 Å². The number of aryl methyl sites for hydroxylation is 1. The van der Waals surface area contributed by atoms with Gasteiger partial charge in [0.25, 0.3) is 0 Å². The number of aromatic nitrogens is 4. The van der Waals surface area contributed by atoms with Crippen LogP contribution in [0.5, 0.6) is 0 Å². The Hall–Kier alpha value is -3.74. The van der Waals surface area contributed by atoms with Crippen LogP contribution in [0.4, 0.5) is 5.82 Å². The van der Waals surface area contributed by atoms with E-state index in [1.807, 2.05) is 64.3 Å². The minimum absolute atomic E-state index is 0.229. The van der Waals surface area contributed by atoms with Crippen molar-refractivity contribution >= 4 is 22.8 Å². The molecule has 0 spiro atoms. The van der Waals surface area contributed by atoms with Crippen molar-refractivity contribution in [1.82, 2.24) is 24.6 Å². The Bertz CT molecular complexity index is 1320. The molecule has 2 aromatic heterocycles. The van der Waals surface area contributed by atoms with E-state index in [1.165, 1.54) is 5.56 Å². The number of amides is 1. The molecule has 0 N–H and O–H groups in total. The van der Waals surface area contributed by atoms with Crippen LogP contribution in [0.2, 0.25) is 0 Å². The van der Waals surface area contributed by atoms with Crippen LogP contribution >= 0.6 is 0 Å². The normalized spacial score (nSPS) is 15.1. The Balaban J connectivity index is 1.39. The lowest BCUT2D eigenvalue weighted by molar-refractivity contribution is -0.130. The average Bonchev–Trinajstić information content (AvgIpc) is 3.21. The van der Waals surface area contributed by atoms with Crippen LogP contribution in [-0.4, -0.2) is 56.7 Å². The summed E-state index contributed by atoms with van der Waals surface area (Å²) in [6.07, 6.45) is 6.25. The summed E-state index contributed by atoms with van der Waals surface area (Å²) in [5.41, 5.74) is 3.04. The quantitative estimate of drug-likeness (QED) is 0.327. The molecule has 1 aliphatic rings. The van der Waals surface area contributed by atoms with Crippen LogP contribution in [0.1, 0.15) is 56.8 Å². The molecule has 0 saturated carbocycles. The van der Waals surface area contributed by atoms with Crippen molar-refractivity contribution in [2.75, 3.05) is 31.1 Å². The molecule has 0 aliphatic carbocycles. The van der Waals surface area contributed by atoms with Gasteiger partial charge in [-0.3, -0.25) is 4.79 Å². The molecular weight excluding hydrogens is 460 g/mol. The molecule has 1 amide bonds. The Morgan fingerprint density at radius 1 is 0.946 bits per heavy atom. The third-order valence-corrected chi connectivity index (χ3v) is 7.21. The number of fused-ring (bicyclic) bond motifs is 1. The first-order valence-corrected chi connectivity index (χ1v) is 13.5. The molecule has 1 atom stereocenters. The summed E-state index contributed by atoms with van der Waals surface area (Å²) < 4.78 is 1.92. The molecule has 1 fully saturated rings. The maximum absolute atomic E-state index is 13.0. The minimum atomic E-state index is 0.229. The van der Waals surface area contributed by atoms with Crippen LogP contribution in [0, 0.1) is 0 Å². The monoisotopic (exact) mass is 496 g/mol. The average molecular weight is 497 g/mol. The fraction of sp³-hybridized carbons (Fsp3) is 0.400. The molecular formula is C30H36N6O. The van der Waals surface area contributed by atoms with Crippen LogP contribution in [0.25, 0.3) is 16.7 Å². The highest BCUT2D eigenvalue weighted by molar-refractivity contribution is 5.88. The molecule has 37 heavy (non-hydrogen) atoms. The standard InChI is InChI=1S/C30H36N6O/c1-3-11-23(2)28-32-29(26-22-31-36(30(26)33-28)25-14-8-5-9-15-25)35-19-10-18-34(20-21-35)27(37)17-16-24-12-6-4-7-13-24/h4-9,12-15,22-23H,3,10-11,16-21H2,1-2H3. The van der Waals surface area contributed by atoms with Crippen LogP contribution in [0.3, 0.4) is 0 Å². The molecule has 7 nitrogen and oxygen atoms in total. The number of hydrogen-bond acceptors (Lipinski definition) is 5. The highest BCUT2D eigenvalue weighted by atomic mass is 16.2. The van der Waals surface area contributed by atoms with Crippen molar-refractivity contribution in [3.05, 3.63) is 78.2 Å². The number of para-hydroxylation sites is 1. The zero-order valence-corrected chi connectivity index (χ0v) is 21.9. The summed E-state index contributed by atoms with van der Waals surface area (Å²) in [5.74, 6) is 2.29. The maximum atomic E-state index is 13.0. The van der Waals surface area contributed by atoms with Crippen molar-refractivity contribution in [2.24, 2.45) is 0 Å². The van der Waals surface area contributed by atoms with Crippen molar-refractivity contribution in [3.8, 4) is 5.69 Å². The van der Waals surface area contributed by atoms with Gasteiger partial charge in [-0.15, -0.1) is 0 Å². The summed E-state index contributed by atoms with van der Waals surface area (Å²) in [7, 11) is 0. The first-order chi connectivity index (χ1) is 18.1. The molecule has 7 heteroatoms. The molecule has 4 aromatic rings. The number of benzene rings is 2. The number of nitrogens with zero attached hydrogens (tertiary/aromatic N) is 6. The Morgan fingerprint density at radius 2 is 1.70 bits per heavy atom. The largest absolute Gasteiger partial charge is 0.354 e. The second-order valence-electron chi connectivity index (χ2n) is 9.93. The van der Waals surface area contributed by atoms with Crippen LogP contribution in [-0.2, 0) is 11.2 Å². The predicted octanol–water partition coefficient (Wildman–Crippen LogP) is 5.39. The highest BCUT2D eigenvalue weighted by Gasteiger charge is 2.24. The summed E-state index contributed by atoms with van der Waals surface area (Å²) >= 11 is 0. The minimum Gasteiger partial charge on any atom is -0.354 e. The fourth-order valence-corrected chi connectivity index (χ4v) is 5.12. The fourth-order valence-electron chi connectivity index (χ4n) is 5.12. The van der Waals surface area contributed by atoms with Gasteiger partial charge in [-0.1, -0.05) is 68.8 Å². The van der Waals surface area contributed by atoms with E-state index < -0.39 is 0 Å². The second kappa shape index (κ2) is 11.5. The van der Waals surface area contributed by atoms with E-state index in [0.717, 1.165) is 73.7 Å². The zero-order chi connectivity index (χ0) is 25.6. The van der Waals surface area contributed by atoms with Gasteiger partial charge in [0.1, 0.15) is 11.6 Å². The van der Waals surface area contributed by atoms with Gasteiger partial charge < -0.3 is 9.80 Å². The summed E-state index contributed by atoms with van der Waals surface area (Å²) in [5, 5.41) is 5.67. The molecule has 1 aliphatic heterocycles. The lowest BCUT2D eigenvalue weighted by Crippen LogP contribution is -2.35. The van der Waals surface area contributed by atoms with E-state index in [-0.39, 0.29) is 11.8 Å². The number of carbonyl (C=O) groups is 1. The lowest BCUT2D eigenvalue weighted by Gasteiger charge is -2.24. The topological polar surface area (TPSA) is 67.2 Å². The van der Waals surface area contributed by atoms with E-state index in [0.29, 0.717) is 13.0 Å². The molecule has 2 aromatic carbocycles. The molecule has 0 bridgehead atoms. The SMILES string of the molecule is CCCC(C)c1nc(N2CCCN(C(=O)CCc3ccccc3)CC2)c2cnn(-c3ccccc3)c2n1. The number of anilines is 1. The summed E-state index contributed by atoms with van der Waals surface area (Å²) in [6, 6.07) is 20.4. The Labute approximate surface area is 219 Å². The van der Waals surface area contributed by atoms with Gasteiger partial charge in [0.15, 0.2) is 5.65 Å². The van der Waals surface area contributed by atoms with Crippen LogP contribution < -0.4 is 4.90 Å². The van der Waals surface area contributed by atoms with Gasteiger partial charge in [-0.25, -0.2) is 14.6 Å². The Kier molecular flexibility index (Phi) is 7.78. The molecule has 3 heterocycles. The van der Waals surface area contributed by atoms with Gasteiger partial charge in [0.05, 0.1) is 17.3 Å². The zero-order valence-electron chi connectivity index (χ0n) is 21.9. The molecule has 0 radical (unpaired) electrons. The van der Waals surface area contributed by atoms with Crippen molar-refractivity contribution in [3.63, 3.8) is 0 Å². The van der Waals surface area contributed by atoms with Gasteiger partial charge in [0.2, 0.25) is 5.91 Å². The number of rotatable bonds is 8. The maximum Gasteiger partial charge on any atom is 0.222 e. The van der Waals surface area contributed by atoms with Crippen molar-refractivity contribution in [1.29, 1.82) is 0 Å². The van der Waals surface area contributed by atoms with Crippen LogP contribution in [0.15, 0.2) is 66.9 Å². The van der Waals surface area contributed by atoms with E-state index in [1.54, 1.807) is 0 Å². The van der Waals surface area contributed by atoms with Gasteiger partial charge >= 0.3 is 0 Å². The third-order valence-electron chi connectivity index (χ3n) is 7.21. The molecule has 1 saturated heterocycles. The van der Waals surface area contributed by atoms with E-state index in [9.17, 15) is 4.79 Å². The van der Waals surface area contributed by atoms with E-state index in [4.69, 9.17) is 15.1 Å². The Morgan fingerprint density at radius 3 is 2.46 bits per heavy atom. The van der Waals surface area contributed by atoms with E-state index >= 15 is 0 Å². The van der Waals surface area contributed by atoms with Crippen molar-refractivity contribution in [2.45, 2.75) is 51.9 Å². The predicted molar refractivity (Wildman–Crippen MR) is 148 cm³/mol. The summed E-state index contributed by atoms with van der Waals surface area (Å²) in [4.78, 5) is 27.5. The molecule has 5 rings (SSSR count). The smallest absolute Gasteiger partial charge is 0.222 e.